The topological polar surface area (TPSA) is 23.5 Å². The molecule has 1 fully saturated rings. The molecule has 1 aromatic carbocycles. The van der Waals surface area contributed by atoms with E-state index in [4.69, 9.17) is 5.11 Å². The molecule has 1 aromatic rings. The molecule has 108 valence electrons. The number of hydrogen-bond donors (Lipinski definition) is 1. The Morgan fingerprint density at radius 1 is 1.30 bits per heavy atom. The Hall–Kier alpha value is -1.30. The summed E-state index contributed by atoms with van der Waals surface area (Å²) in [4.78, 5) is 2.61. The van der Waals surface area contributed by atoms with E-state index in [1.807, 2.05) is 6.07 Å². The van der Waals surface area contributed by atoms with Crippen LogP contribution in [0, 0.1) is 11.8 Å². The number of likely N-dealkylation sites (tertiary alicyclic amines) is 1. The molecule has 1 N–H and O–H groups in total. The molecule has 0 aliphatic carbocycles. The molecule has 20 heavy (non-hydrogen) atoms. The first kappa shape index (κ1) is 15.1. The smallest absolute Gasteiger partial charge is 0.0540 e. The van der Waals surface area contributed by atoms with Gasteiger partial charge in [0.1, 0.15) is 0 Å². The summed E-state index contributed by atoms with van der Waals surface area (Å²) in [6, 6.07) is 9.13. The molecule has 2 nitrogen and oxygen atoms in total. The van der Waals surface area contributed by atoms with Gasteiger partial charge in [0.2, 0.25) is 0 Å². The van der Waals surface area contributed by atoms with Gasteiger partial charge in [-0.25, -0.2) is 0 Å². The third kappa shape index (κ3) is 4.10. The lowest BCUT2D eigenvalue weighted by atomic mass is 9.98. The number of nitrogens with zero attached hydrogens (tertiary/aromatic N) is 1. The molecule has 0 amide bonds. The first-order valence-corrected chi connectivity index (χ1v) is 7.76. The molecule has 0 spiro atoms. The minimum Gasteiger partial charge on any atom is -0.395 e. The van der Waals surface area contributed by atoms with Gasteiger partial charge in [-0.3, -0.25) is 4.90 Å². The Kier molecular flexibility index (Phi) is 6.11. The van der Waals surface area contributed by atoms with Crippen molar-refractivity contribution in [3.63, 3.8) is 0 Å². The second kappa shape index (κ2) is 8.09. The van der Waals surface area contributed by atoms with Crippen LogP contribution in [0.25, 0.3) is 0 Å². The molecule has 0 radical (unpaired) electrons. The maximum atomic E-state index is 8.83. The van der Waals surface area contributed by atoms with Crippen LogP contribution in [0.2, 0.25) is 0 Å². The van der Waals surface area contributed by atoms with Gasteiger partial charge in [0.15, 0.2) is 0 Å². The number of aliphatic hydroxyl groups excluding tert-OH is 1. The van der Waals surface area contributed by atoms with E-state index in [2.05, 4.69) is 41.9 Å². The van der Waals surface area contributed by atoms with Gasteiger partial charge in [-0.15, -0.1) is 0 Å². The van der Waals surface area contributed by atoms with E-state index in [1.165, 1.54) is 37.8 Å². The lowest BCUT2D eigenvalue weighted by Crippen LogP contribution is -2.38. The van der Waals surface area contributed by atoms with Crippen LogP contribution in [0.3, 0.4) is 0 Å². The minimum atomic E-state index is 0.138. The summed E-state index contributed by atoms with van der Waals surface area (Å²) in [7, 11) is 0. The van der Waals surface area contributed by atoms with Gasteiger partial charge in [0, 0.05) is 24.6 Å². The predicted molar refractivity (Wildman–Crippen MR) is 83.4 cm³/mol. The molecule has 2 rings (SSSR count). The highest BCUT2D eigenvalue weighted by Gasteiger charge is 2.21. The first-order valence-electron chi connectivity index (χ1n) is 7.76. The Balaban J connectivity index is 2.10. The van der Waals surface area contributed by atoms with Gasteiger partial charge in [-0.05, 0) is 37.4 Å². The zero-order valence-corrected chi connectivity index (χ0v) is 12.4. The van der Waals surface area contributed by atoms with Gasteiger partial charge >= 0.3 is 0 Å². The van der Waals surface area contributed by atoms with Crippen LogP contribution in [-0.2, 0) is 6.54 Å². The molecule has 1 heterocycles. The molecule has 0 saturated carbocycles. The van der Waals surface area contributed by atoms with Crippen molar-refractivity contribution in [2.24, 2.45) is 0 Å². The summed E-state index contributed by atoms with van der Waals surface area (Å²) in [5.41, 5.74) is 2.43. The van der Waals surface area contributed by atoms with Crippen molar-refractivity contribution in [2.75, 3.05) is 13.2 Å². The van der Waals surface area contributed by atoms with Crippen molar-refractivity contribution in [1.29, 1.82) is 0 Å². The molecule has 2 heteroatoms. The van der Waals surface area contributed by atoms with E-state index in [-0.39, 0.29) is 6.61 Å². The van der Waals surface area contributed by atoms with Gasteiger partial charge in [-0.1, -0.05) is 43.4 Å². The fourth-order valence-electron chi connectivity index (χ4n) is 2.94. The van der Waals surface area contributed by atoms with Crippen LogP contribution in [0.15, 0.2) is 24.3 Å². The molecule has 1 aliphatic heterocycles. The highest BCUT2D eigenvalue weighted by Crippen LogP contribution is 2.22. The van der Waals surface area contributed by atoms with Crippen molar-refractivity contribution in [1.82, 2.24) is 4.90 Å². The predicted octanol–water partition coefficient (Wildman–Crippen LogP) is 3.19. The molecular weight excluding hydrogens is 246 g/mol. The molecule has 1 atom stereocenters. The van der Waals surface area contributed by atoms with Crippen LogP contribution >= 0.6 is 0 Å². The van der Waals surface area contributed by atoms with Crippen LogP contribution in [-0.4, -0.2) is 29.2 Å². The van der Waals surface area contributed by atoms with Gasteiger partial charge in [0.25, 0.3) is 0 Å². The van der Waals surface area contributed by atoms with Crippen molar-refractivity contribution < 1.29 is 5.11 Å². The first-order chi connectivity index (χ1) is 9.85. The van der Waals surface area contributed by atoms with Crippen LogP contribution in [0.1, 0.15) is 50.2 Å². The number of piperidine rings is 1. The highest BCUT2D eigenvalue weighted by atomic mass is 16.2. The third-order valence-corrected chi connectivity index (χ3v) is 4.07. The standard InChI is InChI=1S/C18H25NO/c1-2-18-12-5-7-13-19(18)15-17-11-4-3-9-16(17)10-6-8-14-20/h3-4,9,11,18,20H,2,5,7-8,12-15H2,1H3. The maximum absolute atomic E-state index is 8.83. The molecule has 0 aromatic heterocycles. The van der Waals surface area contributed by atoms with Crippen LogP contribution in [0.4, 0.5) is 0 Å². The Labute approximate surface area is 122 Å². The number of rotatable bonds is 4. The minimum absolute atomic E-state index is 0.138. The Bertz CT molecular complexity index is 472. The molecule has 0 bridgehead atoms. The van der Waals surface area contributed by atoms with Gasteiger partial charge in [0.05, 0.1) is 6.61 Å². The molecule has 1 unspecified atom stereocenters. The second-order valence-corrected chi connectivity index (χ2v) is 5.46. The van der Waals surface area contributed by atoms with Gasteiger partial charge < -0.3 is 5.11 Å². The van der Waals surface area contributed by atoms with E-state index in [0.29, 0.717) is 6.42 Å². The number of hydrogen-bond acceptors (Lipinski definition) is 2. The quantitative estimate of drug-likeness (QED) is 0.850. The van der Waals surface area contributed by atoms with E-state index in [0.717, 1.165) is 18.2 Å². The van der Waals surface area contributed by atoms with E-state index in [1.54, 1.807) is 0 Å². The van der Waals surface area contributed by atoms with Crippen LogP contribution in [0.5, 0.6) is 0 Å². The highest BCUT2D eigenvalue weighted by molar-refractivity contribution is 5.41. The molecule has 1 aliphatic rings. The third-order valence-electron chi connectivity index (χ3n) is 4.07. The lowest BCUT2D eigenvalue weighted by molar-refractivity contribution is 0.136. The van der Waals surface area contributed by atoms with Crippen molar-refractivity contribution in [3.8, 4) is 11.8 Å². The second-order valence-electron chi connectivity index (χ2n) is 5.46. The Morgan fingerprint density at radius 3 is 2.95 bits per heavy atom. The summed E-state index contributed by atoms with van der Waals surface area (Å²) in [6.45, 7) is 4.63. The fourth-order valence-corrected chi connectivity index (χ4v) is 2.94. The SMILES string of the molecule is CCC1CCCCN1Cc1ccccc1C#CCCO. The Morgan fingerprint density at radius 2 is 2.15 bits per heavy atom. The van der Waals surface area contributed by atoms with Crippen molar-refractivity contribution in [3.05, 3.63) is 35.4 Å². The molecule has 1 saturated heterocycles. The van der Waals surface area contributed by atoms with Crippen molar-refractivity contribution >= 4 is 0 Å². The normalized spacial score (nSPS) is 19.4. The summed E-state index contributed by atoms with van der Waals surface area (Å²) in [5.74, 6) is 6.24. The lowest BCUT2D eigenvalue weighted by Gasteiger charge is -2.35. The monoisotopic (exact) mass is 271 g/mol. The van der Waals surface area contributed by atoms with E-state index in [9.17, 15) is 0 Å². The summed E-state index contributed by atoms with van der Waals surface area (Å²) in [5, 5.41) is 8.83. The van der Waals surface area contributed by atoms with Crippen LogP contribution < -0.4 is 0 Å². The van der Waals surface area contributed by atoms with Crippen molar-refractivity contribution in [2.45, 2.75) is 51.6 Å². The fraction of sp³-hybridized carbons (Fsp3) is 0.556. The van der Waals surface area contributed by atoms with E-state index >= 15 is 0 Å². The largest absolute Gasteiger partial charge is 0.395 e. The molecular formula is C18H25NO. The summed E-state index contributed by atoms with van der Waals surface area (Å²) >= 11 is 0. The van der Waals surface area contributed by atoms with E-state index < -0.39 is 0 Å². The zero-order chi connectivity index (χ0) is 14.2. The van der Waals surface area contributed by atoms with Gasteiger partial charge in [-0.2, -0.15) is 0 Å². The number of benzene rings is 1. The number of aliphatic hydroxyl groups is 1. The average molecular weight is 271 g/mol. The summed E-state index contributed by atoms with van der Waals surface area (Å²) in [6.07, 6.45) is 5.80. The summed E-state index contributed by atoms with van der Waals surface area (Å²) < 4.78 is 0. The zero-order valence-electron chi connectivity index (χ0n) is 12.4. The maximum Gasteiger partial charge on any atom is 0.0540 e. The average Bonchev–Trinajstić information content (AvgIpc) is 2.50.